The van der Waals surface area contributed by atoms with Crippen LogP contribution >= 0.6 is 11.8 Å². The zero-order chi connectivity index (χ0) is 13.1. The number of nitro groups is 1. The van der Waals surface area contributed by atoms with Crippen LogP contribution in [0.2, 0.25) is 0 Å². The largest absolute Gasteiger partial charge is 0.293 e. The van der Waals surface area contributed by atoms with Crippen LogP contribution in [0.4, 0.5) is 10.1 Å². The maximum absolute atomic E-state index is 13.7. The number of nitro benzene ring substituents is 1. The molecule has 0 amide bonds. The van der Waals surface area contributed by atoms with Crippen LogP contribution in [0.15, 0.2) is 18.2 Å². The minimum Gasteiger partial charge on any atom is -0.293 e. The fourth-order valence-corrected chi connectivity index (χ4v) is 3.21. The summed E-state index contributed by atoms with van der Waals surface area (Å²) in [5.41, 5.74) is -0.375. The van der Waals surface area contributed by atoms with Crippen LogP contribution < -0.4 is 0 Å². The van der Waals surface area contributed by atoms with E-state index in [0.717, 1.165) is 31.1 Å². The number of Topliss-reactive ketones (excluding diaryl/α,β-unsaturated/α-hetero) is 1. The molecule has 1 unspecified atom stereocenters. The van der Waals surface area contributed by atoms with E-state index in [2.05, 4.69) is 0 Å². The summed E-state index contributed by atoms with van der Waals surface area (Å²) >= 11 is 1.54. The molecule has 1 atom stereocenters. The maximum Gasteiger partial charge on any atom is 0.272 e. The van der Waals surface area contributed by atoms with E-state index in [1.54, 1.807) is 0 Å². The van der Waals surface area contributed by atoms with Gasteiger partial charge in [0, 0.05) is 6.07 Å². The molecule has 0 aliphatic carbocycles. The first-order valence-electron chi connectivity index (χ1n) is 5.69. The number of ketones is 1. The second kappa shape index (κ2) is 5.48. The van der Waals surface area contributed by atoms with Crippen molar-refractivity contribution < 1.29 is 14.1 Å². The van der Waals surface area contributed by atoms with Gasteiger partial charge < -0.3 is 0 Å². The van der Waals surface area contributed by atoms with Crippen molar-refractivity contribution >= 4 is 23.2 Å². The third kappa shape index (κ3) is 2.69. The minimum atomic E-state index is -0.805. The number of carbonyl (C=O) groups excluding carboxylic acids is 1. The lowest BCUT2D eigenvalue weighted by molar-refractivity contribution is -0.385. The Kier molecular flexibility index (Phi) is 3.96. The predicted molar refractivity (Wildman–Crippen MR) is 67.5 cm³/mol. The summed E-state index contributed by atoms with van der Waals surface area (Å²) in [7, 11) is 0. The molecule has 0 radical (unpaired) electrons. The molecule has 18 heavy (non-hydrogen) atoms. The molecular weight excluding hydrogens is 257 g/mol. The monoisotopic (exact) mass is 269 g/mol. The molecule has 0 saturated carbocycles. The number of benzene rings is 1. The van der Waals surface area contributed by atoms with Crippen molar-refractivity contribution in [3.8, 4) is 0 Å². The van der Waals surface area contributed by atoms with E-state index < -0.39 is 10.7 Å². The lowest BCUT2D eigenvalue weighted by Gasteiger charge is -2.20. The van der Waals surface area contributed by atoms with E-state index in [1.807, 2.05) is 0 Å². The van der Waals surface area contributed by atoms with Gasteiger partial charge in [0.1, 0.15) is 5.82 Å². The van der Waals surface area contributed by atoms with Crippen molar-refractivity contribution in [2.45, 2.75) is 24.5 Å². The molecule has 1 aromatic carbocycles. The van der Waals surface area contributed by atoms with Gasteiger partial charge in [-0.25, -0.2) is 4.39 Å². The van der Waals surface area contributed by atoms with Crippen molar-refractivity contribution in [1.29, 1.82) is 0 Å². The topological polar surface area (TPSA) is 60.2 Å². The quantitative estimate of drug-likeness (QED) is 0.480. The average molecular weight is 269 g/mol. The van der Waals surface area contributed by atoms with Gasteiger partial charge in [0.05, 0.1) is 21.8 Å². The first-order chi connectivity index (χ1) is 8.59. The number of halogens is 1. The summed E-state index contributed by atoms with van der Waals surface area (Å²) in [5, 5.41) is 10.3. The zero-order valence-electron chi connectivity index (χ0n) is 9.60. The van der Waals surface area contributed by atoms with Gasteiger partial charge in [-0.1, -0.05) is 6.42 Å². The summed E-state index contributed by atoms with van der Waals surface area (Å²) in [6.45, 7) is 0. The van der Waals surface area contributed by atoms with Gasteiger partial charge in [0.25, 0.3) is 5.69 Å². The van der Waals surface area contributed by atoms with Crippen LogP contribution in [0.3, 0.4) is 0 Å². The fraction of sp³-hybridized carbons (Fsp3) is 0.417. The summed E-state index contributed by atoms with van der Waals surface area (Å²) in [6.07, 6.45) is 2.80. The first-order valence-corrected chi connectivity index (χ1v) is 6.74. The molecule has 1 aromatic rings. The highest BCUT2D eigenvalue weighted by Gasteiger charge is 2.26. The standard InChI is InChI=1S/C12H12FNO3S/c13-10-7-8(14(16)17)4-5-9(10)12(15)11-3-1-2-6-18-11/h4-5,7,11H,1-3,6H2. The summed E-state index contributed by atoms with van der Waals surface area (Å²) in [6, 6.07) is 3.19. The Morgan fingerprint density at radius 3 is 2.78 bits per heavy atom. The van der Waals surface area contributed by atoms with Gasteiger partial charge in [-0.05, 0) is 24.7 Å². The van der Waals surface area contributed by atoms with E-state index in [9.17, 15) is 19.3 Å². The zero-order valence-corrected chi connectivity index (χ0v) is 10.4. The third-order valence-electron chi connectivity index (χ3n) is 2.90. The summed E-state index contributed by atoms with van der Waals surface area (Å²) in [5.74, 6) is -0.155. The molecular formula is C12H12FNO3S. The second-order valence-electron chi connectivity index (χ2n) is 4.14. The van der Waals surface area contributed by atoms with Crippen LogP contribution in [0.1, 0.15) is 29.6 Å². The Bertz CT molecular complexity index is 486. The lowest BCUT2D eigenvalue weighted by Crippen LogP contribution is -2.22. The molecule has 1 heterocycles. The number of hydrogen-bond donors (Lipinski definition) is 0. The molecule has 6 heteroatoms. The molecule has 1 fully saturated rings. The average Bonchev–Trinajstić information content (AvgIpc) is 2.38. The molecule has 4 nitrogen and oxygen atoms in total. The van der Waals surface area contributed by atoms with Gasteiger partial charge >= 0.3 is 0 Å². The van der Waals surface area contributed by atoms with Gasteiger partial charge in [-0.15, -0.1) is 0 Å². The molecule has 0 N–H and O–H groups in total. The van der Waals surface area contributed by atoms with Crippen LogP contribution in [0, 0.1) is 15.9 Å². The first kappa shape index (κ1) is 13.0. The number of thioether (sulfide) groups is 1. The molecule has 2 rings (SSSR count). The summed E-state index contributed by atoms with van der Waals surface area (Å²) in [4.78, 5) is 21.9. The van der Waals surface area contributed by atoms with Crippen LogP contribution in [-0.4, -0.2) is 21.7 Å². The summed E-state index contributed by atoms with van der Waals surface area (Å²) < 4.78 is 13.7. The van der Waals surface area contributed by atoms with Crippen molar-refractivity contribution in [2.24, 2.45) is 0 Å². The maximum atomic E-state index is 13.7. The SMILES string of the molecule is O=C(c1ccc([N+](=O)[O-])cc1F)C1CCCCS1. The van der Waals surface area contributed by atoms with Crippen molar-refractivity contribution in [2.75, 3.05) is 5.75 Å². The van der Waals surface area contributed by atoms with Crippen molar-refractivity contribution in [3.63, 3.8) is 0 Å². The highest BCUT2D eigenvalue weighted by Crippen LogP contribution is 2.29. The Balaban J connectivity index is 2.22. The lowest BCUT2D eigenvalue weighted by atomic mass is 10.0. The van der Waals surface area contributed by atoms with Crippen LogP contribution in [-0.2, 0) is 0 Å². The molecule has 0 bridgehead atoms. The smallest absolute Gasteiger partial charge is 0.272 e. The van der Waals surface area contributed by atoms with Gasteiger partial charge in [-0.2, -0.15) is 11.8 Å². The molecule has 1 aliphatic rings. The number of carbonyl (C=O) groups is 1. The van der Waals surface area contributed by atoms with E-state index in [-0.39, 0.29) is 22.3 Å². The molecule has 0 spiro atoms. The van der Waals surface area contributed by atoms with Crippen LogP contribution in [0.25, 0.3) is 0 Å². The number of rotatable bonds is 3. The second-order valence-corrected chi connectivity index (χ2v) is 5.45. The Hall–Kier alpha value is -1.43. The van der Waals surface area contributed by atoms with Gasteiger partial charge in [0.15, 0.2) is 5.78 Å². The Labute approximate surface area is 108 Å². The molecule has 0 aromatic heterocycles. The fourth-order valence-electron chi connectivity index (χ4n) is 1.94. The molecule has 96 valence electrons. The number of nitrogens with zero attached hydrogens (tertiary/aromatic N) is 1. The highest BCUT2D eigenvalue weighted by atomic mass is 32.2. The van der Waals surface area contributed by atoms with E-state index in [4.69, 9.17) is 0 Å². The molecule has 1 aliphatic heterocycles. The number of non-ortho nitro benzene ring substituents is 1. The predicted octanol–water partition coefficient (Wildman–Crippen LogP) is 3.20. The van der Waals surface area contributed by atoms with Gasteiger partial charge in [-0.3, -0.25) is 14.9 Å². The number of hydrogen-bond acceptors (Lipinski definition) is 4. The molecule has 1 saturated heterocycles. The Morgan fingerprint density at radius 1 is 1.44 bits per heavy atom. The Morgan fingerprint density at radius 2 is 2.22 bits per heavy atom. The van der Waals surface area contributed by atoms with E-state index >= 15 is 0 Å². The van der Waals surface area contributed by atoms with Crippen molar-refractivity contribution in [3.05, 3.63) is 39.7 Å². The highest BCUT2D eigenvalue weighted by molar-refractivity contribution is 8.00. The van der Waals surface area contributed by atoms with E-state index in [0.29, 0.717) is 0 Å². The minimum absolute atomic E-state index is 0.0417. The van der Waals surface area contributed by atoms with Crippen molar-refractivity contribution in [1.82, 2.24) is 0 Å². The van der Waals surface area contributed by atoms with Gasteiger partial charge in [0.2, 0.25) is 0 Å². The third-order valence-corrected chi connectivity index (χ3v) is 4.28. The normalized spacial score (nSPS) is 19.5. The van der Waals surface area contributed by atoms with Crippen LogP contribution in [0.5, 0.6) is 0 Å². The van der Waals surface area contributed by atoms with E-state index in [1.165, 1.54) is 23.9 Å².